The zero-order valence-corrected chi connectivity index (χ0v) is 23.3. The highest BCUT2D eigenvalue weighted by Gasteiger charge is 2.18. The van der Waals surface area contributed by atoms with Crippen LogP contribution in [0.5, 0.6) is 17.2 Å². The molecule has 0 saturated carbocycles. The van der Waals surface area contributed by atoms with Gasteiger partial charge in [-0.05, 0) is 58.2 Å². The number of ether oxygens (including phenoxy) is 3. The number of allylic oxidation sites excluding steroid dienone is 3. The molecule has 0 aliphatic heterocycles. The number of benzene rings is 1. The van der Waals surface area contributed by atoms with Crippen LogP contribution < -0.4 is 19.8 Å². The maximum Gasteiger partial charge on any atom is 0.383 e. The molecule has 0 radical (unpaired) electrons. The van der Waals surface area contributed by atoms with Gasteiger partial charge < -0.3 is 18.6 Å². The lowest BCUT2D eigenvalue weighted by Crippen LogP contribution is -2.11. The molecule has 0 spiro atoms. The van der Waals surface area contributed by atoms with Crippen molar-refractivity contribution >= 4 is 16.9 Å². The van der Waals surface area contributed by atoms with E-state index in [0.717, 1.165) is 25.7 Å². The number of unbranched alkanes of at least 4 members (excludes halogenated alkanes) is 7. The first-order valence-corrected chi connectivity index (χ1v) is 13.7. The highest BCUT2D eigenvalue weighted by molar-refractivity contribution is 5.87. The fourth-order valence-corrected chi connectivity index (χ4v) is 4.00. The minimum atomic E-state index is -0.617. The average Bonchev–Trinajstić information content (AvgIpc) is 2.83. The first kappa shape index (κ1) is 30.2. The molecule has 1 aromatic heterocycles. The van der Waals surface area contributed by atoms with Gasteiger partial charge >= 0.3 is 11.6 Å². The summed E-state index contributed by atoms with van der Waals surface area (Å²) in [6.45, 7) is 10.5. The summed E-state index contributed by atoms with van der Waals surface area (Å²) in [6, 6.07) is 4.91. The van der Waals surface area contributed by atoms with Crippen molar-refractivity contribution in [2.75, 3.05) is 13.2 Å². The lowest BCUT2D eigenvalue weighted by Gasteiger charge is -2.14. The molecule has 6 heteroatoms. The summed E-state index contributed by atoms with van der Waals surface area (Å²) in [5.41, 5.74) is 2.16. The van der Waals surface area contributed by atoms with Crippen molar-refractivity contribution in [3.63, 3.8) is 0 Å². The normalized spacial score (nSPS) is 11.4. The topological polar surface area (TPSA) is 75.0 Å². The number of carbonyl (C=O) groups excluding carboxylic acids is 1. The Balaban J connectivity index is 2.13. The van der Waals surface area contributed by atoms with Crippen LogP contribution in [0, 0.1) is 0 Å². The standard InChI is InChI=1S/C31H44O6/c1-6-7-8-9-10-11-12-13-20-34-29-27-18-17-26(36-25(5)32)22-28(27)37-31(33)30(29)35-21-19-24(4)16-14-15-23(2)3/h15,17-19,22H,6-14,16,20-21H2,1-5H3/b24-19+. The van der Waals surface area contributed by atoms with Crippen LogP contribution >= 0.6 is 0 Å². The molecule has 37 heavy (non-hydrogen) atoms. The van der Waals surface area contributed by atoms with Crippen LogP contribution in [-0.2, 0) is 4.79 Å². The molecule has 0 unspecified atom stereocenters. The van der Waals surface area contributed by atoms with Gasteiger partial charge in [0.05, 0.1) is 12.0 Å². The number of hydrogen-bond acceptors (Lipinski definition) is 6. The van der Waals surface area contributed by atoms with E-state index in [1.165, 1.54) is 62.7 Å². The molecule has 0 aliphatic carbocycles. The number of rotatable bonds is 17. The Labute approximate surface area is 221 Å². The predicted molar refractivity (Wildman–Crippen MR) is 150 cm³/mol. The van der Waals surface area contributed by atoms with Gasteiger partial charge in [0.15, 0.2) is 5.75 Å². The first-order valence-electron chi connectivity index (χ1n) is 13.7. The lowest BCUT2D eigenvalue weighted by atomic mass is 10.1. The fourth-order valence-electron chi connectivity index (χ4n) is 4.00. The van der Waals surface area contributed by atoms with Crippen LogP contribution in [0.3, 0.4) is 0 Å². The molecule has 0 bridgehead atoms. The summed E-state index contributed by atoms with van der Waals surface area (Å²) >= 11 is 0. The zero-order chi connectivity index (χ0) is 27.0. The van der Waals surface area contributed by atoms with E-state index < -0.39 is 11.6 Å². The molecule has 6 nitrogen and oxygen atoms in total. The summed E-state index contributed by atoms with van der Waals surface area (Å²) in [5, 5.41) is 0.606. The molecular weight excluding hydrogens is 468 g/mol. The summed E-state index contributed by atoms with van der Waals surface area (Å²) in [6.07, 6.45) is 15.6. The zero-order valence-electron chi connectivity index (χ0n) is 23.3. The molecule has 0 atom stereocenters. The van der Waals surface area contributed by atoms with E-state index in [2.05, 4.69) is 33.8 Å². The largest absolute Gasteiger partial charge is 0.489 e. The van der Waals surface area contributed by atoms with Gasteiger partial charge in [0.2, 0.25) is 5.75 Å². The number of carbonyl (C=O) groups is 1. The molecular formula is C31H44O6. The molecule has 0 fully saturated rings. The van der Waals surface area contributed by atoms with Crippen molar-refractivity contribution in [3.8, 4) is 17.2 Å². The monoisotopic (exact) mass is 512 g/mol. The van der Waals surface area contributed by atoms with Crippen LogP contribution in [0.15, 0.2) is 50.7 Å². The van der Waals surface area contributed by atoms with Crippen molar-refractivity contribution < 1.29 is 23.4 Å². The summed E-state index contributed by atoms with van der Waals surface area (Å²) in [4.78, 5) is 24.2. The van der Waals surface area contributed by atoms with Gasteiger partial charge in [-0.2, -0.15) is 0 Å². The highest BCUT2D eigenvalue weighted by atomic mass is 16.5. The van der Waals surface area contributed by atoms with Crippen LogP contribution in [0.2, 0.25) is 0 Å². The molecule has 0 amide bonds. The number of esters is 1. The van der Waals surface area contributed by atoms with Crippen LogP contribution in [-0.4, -0.2) is 19.2 Å². The van der Waals surface area contributed by atoms with Crippen LogP contribution in [0.1, 0.15) is 98.8 Å². The molecule has 2 rings (SSSR count). The Morgan fingerprint density at radius 2 is 1.59 bits per heavy atom. The SMILES string of the molecule is CCCCCCCCCCOc1c(OC/C=C(\C)CCC=C(C)C)c(=O)oc2cc(OC(C)=O)ccc12. The third kappa shape index (κ3) is 11.3. The van der Waals surface area contributed by atoms with Gasteiger partial charge in [-0.3, -0.25) is 4.79 Å². The van der Waals surface area contributed by atoms with Gasteiger partial charge in [-0.1, -0.05) is 69.1 Å². The minimum Gasteiger partial charge on any atom is -0.489 e. The van der Waals surface area contributed by atoms with Crippen molar-refractivity contribution in [2.24, 2.45) is 0 Å². The summed E-state index contributed by atoms with van der Waals surface area (Å²) < 4.78 is 22.7. The molecule has 1 aromatic carbocycles. The quantitative estimate of drug-likeness (QED) is 0.0697. The molecule has 0 aliphatic rings. The van der Waals surface area contributed by atoms with E-state index in [-0.39, 0.29) is 17.9 Å². The van der Waals surface area contributed by atoms with E-state index >= 15 is 0 Å². The van der Waals surface area contributed by atoms with Crippen molar-refractivity contribution in [1.82, 2.24) is 0 Å². The molecule has 0 N–H and O–H groups in total. The Kier molecular flexibility index (Phi) is 13.6. The second-order valence-corrected chi connectivity index (χ2v) is 9.80. The van der Waals surface area contributed by atoms with E-state index in [0.29, 0.717) is 23.5 Å². The van der Waals surface area contributed by atoms with Crippen molar-refractivity contribution in [2.45, 2.75) is 98.8 Å². The Hall–Kier alpha value is -3.02. The van der Waals surface area contributed by atoms with Crippen molar-refractivity contribution in [3.05, 3.63) is 51.9 Å². The molecule has 1 heterocycles. The Bertz CT molecular complexity index is 1100. The maximum absolute atomic E-state index is 12.9. The third-order valence-electron chi connectivity index (χ3n) is 6.05. The maximum atomic E-state index is 12.9. The van der Waals surface area contributed by atoms with Gasteiger partial charge in [0, 0.05) is 13.0 Å². The number of hydrogen-bond donors (Lipinski definition) is 0. The second kappa shape index (κ2) is 16.7. The van der Waals surface area contributed by atoms with E-state index in [9.17, 15) is 9.59 Å². The fraction of sp³-hybridized carbons (Fsp3) is 0.548. The minimum absolute atomic E-state index is 0.0700. The van der Waals surface area contributed by atoms with Gasteiger partial charge in [0.25, 0.3) is 0 Å². The van der Waals surface area contributed by atoms with Crippen LogP contribution in [0.25, 0.3) is 11.0 Å². The second-order valence-electron chi connectivity index (χ2n) is 9.80. The lowest BCUT2D eigenvalue weighted by molar-refractivity contribution is -0.131. The van der Waals surface area contributed by atoms with Crippen molar-refractivity contribution in [1.29, 1.82) is 0 Å². The van der Waals surface area contributed by atoms with Gasteiger partial charge in [-0.25, -0.2) is 4.79 Å². The first-order chi connectivity index (χ1) is 17.8. The van der Waals surface area contributed by atoms with Gasteiger partial charge in [0.1, 0.15) is 17.9 Å². The Morgan fingerprint density at radius 3 is 2.27 bits per heavy atom. The molecule has 2 aromatic rings. The average molecular weight is 513 g/mol. The molecule has 0 saturated heterocycles. The Morgan fingerprint density at radius 1 is 0.892 bits per heavy atom. The number of fused-ring (bicyclic) bond motifs is 1. The van der Waals surface area contributed by atoms with E-state index in [1.807, 2.05) is 6.08 Å². The van der Waals surface area contributed by atoms with Crippen LogP contribution in [0.4, 0.5) is 0 Å². The smallest absolute Gasteiger partial charge is 0.383 e. The highest BCUT2D eigenvalue weighted by Crippen LogP contribution is 2.35. The van der Waals surface area contributed by atoms with E-state index in [4.69, 9.17) is 18.6 Å². The van der Waals surface area contributed by atoms with E-state index in [1.54, 1.807) is 12.1 Å². The molecule has 204 valence electrons. The summed E-state index contributed by atoms with van der Waals surface area (Å²) in [5.74, 6) is 0.306. The van der Waals surface area contributed by atoms with Gasteiger partial charge in [-0.15, -0.1) is 0 Å². The summed E-state index contributed by atoms with van der Waals surface area (Å²) in [7, 11) is 0. The third-order valence-corrected chi connectivity index (χ3v) is 6.05. The predicted octanol–water partition coefficient (Wildman–Crippen LogP) is 8.31.